The molecule has 1 heteroatoms. The summed E-state index contributed by atoms with van der Waals surface area (Å²) in [6, 6.07) is 13.1. The van der Waals surface area contributed by atoms with Crippen molar-refractivity contribution in [1.82, 2.24) is 0 Å². The first kappa shape index (κ1) is 33.2. The van der Waals surface area contributed by atoms with Gasteiger partial charge in [-0.2, -0.15) is 47.2 Å². The summed E-state index contributed by atoms with van der Waals surface area (Å²) < 4.78 is 0. The van der Waals surface area contributed by atoms with Gasteiger partial charge >= 0.3 is 26.2 Å². The van der Waals surface area contributed by atoms with E-state index in [2.05, 4.69) is 91.8 Å². The van der Waals surface area contributed by atoms with Gasteiger partial charge in [-0.1, -0.05) is 92.9 Å². The van der Waals surface area contributed by atoms with Gasteiger partial charge < -0.3 is 13.8 Å². The molecule has 0 N–H and O–H groups in total. The summed E-state index contributed by atoms with van der Waals surface area (Å²) in [5.74, 6) is 0. The van der Waals surface area contributed by atoms with Crippen molar-refractivity contribution in [2.45, 2.75) is 106 Å². The Morgan fingerprint density at radius 2 is 0.966 bits per heavy atom. The van der Waals surface area contributed by atoms with Crippen LogP contribution in [0.25, 0.3) is 0 Å². The topological polar surface area (TPSA) is 0 Å². The fourth-order valence-electron chi connectivity index (χ4n) is 2.39. The molecule has 0 saturated carbocycles. The molecule has 0 spiro atoms. The van der Waals surface area contributed by atoms with E-state index in [1.165, 1.54) is 73.6 Å². The Hall–Kier alpha value is -0.417. The third-order valence-electron chi connectivity index (χ3n) is 4.61. The van der Waals surface area contributed by atoms with Crippen molar-refractivity contribution in [2.75, 3.05) is 0 Å². The van der Waals surface area contributed by atoms with Crippen LogP contribution in [-0.2, 0) is 39.0 Å². The largest absolute Gasteiger partial charge is 4.00 e. The summed E-state index contributed by atoms with van der Waals surface area (Å²) in [7, 11) is 0. The first-order chi connectivity index (χ1) is 13.5. The molecule has 0 radical (unpaired) electrons. The van der Waals surface area contributed by atoms with E-state index in [4.69, 9.17) is 0 Å². The van der Waals surface area contributed by atoms with E-state index in [0.29, 0.717) is 0 Å². The second-order valence-electron chi connectivity index (χ2n) is 7.38. The SMILES string of the molecule is CCCC[c-]1cccc1C.CCCC[c-]1cccc1C.[CH2-]CCC.[CH2-]CCC.[Zr+4]. The first-order valence-corrected chi connectivity index (χ1v) is 11.5. The van der Waals surface area contributed by atoms with E-state index in [0.717, 1.165) is 12.8 Å². The van der Waals surface area contributed by atoms with Gasteiger partial charge in [0.25, 0.3) is 0 Å². The van der Waals surface area contributed by atoms with Crippen LogP contribution in [0.5, 0.6) is 0 Å². The van der Waals surface area contributed by atoms with Gasteiger partial charge in [0, 0.05) is 0 Å². The summed E-state index contributed by atoms with van der Waals surface area (Å²) in [6.07, 6.45) is 12.3. The Bertz CT molecular complexity index is 466. The fraction of sp³-hybridized carbons (Fsp3) is 0.571. The molecule has 0 atom stereocenters. The van der Waals surface area contributed by atoms with Crippen LogP contribution in [-0.4, -0.2) is 0 Å². The molecule has 0 aliphatic heterocycles. The summed E-state index contributed by atoms with van der Waals surface area (Å²) in [6.45, 7) is 20.3. The molecule has 2 aromatic rings. The summed E-state index contributed by atoms with van der Waals surface area (Å²) >= 11 is 0. The monoisotopic (exact) mass is 474 g/mol. The van der Waals surface area contributed by atoms with Crippen molar-refractivity contribution in [3.8, 4) is 0 Å². The van der Waals surface area contributed by atoms with Crippen LogP contribution in [0.2, 0.25) is 0 Å². The molecule has 0 fully saturated rings. The minimum atomic E-state index is 0. The minimum absolute atomic E-state index is 0. The maximum Gasteiger partial charge on any atom is 4.00 e. The van der Waals surface area contributed by atoms with Crippen molar-refractivity contribution in [3.63, 3.8) is 0 Å². The van der Waals surface area contributed by atoms with Crippen molar-refractivity contribution in [2.24, 2.45) is 0 Å². The smallest absolute Gasteiger partial charge is 0.343 e. The Labute approximate surface area is 203 Å². The van der Waals surface area contributed by atoms with Crippen molar-refractivity contribution >= 4 is 0 Å². The third kappa shape index (κ3) is 20.6. The van der Waals surface area contributed by atoms with Crippen LogP contribution < -0.4 is 0 Å². The van der Waals surface area contributed by atoms with Crippen molar-refractivity contribution < 1.29 is 26.2 Å². The Kier molecular flexibility index (Phi) is 29.4. The van der Waals surface area contributed by atoms with Gasteiger partial charge in [-0.05, 0) is 0 Å². The molecule has 2 rings (SSSR count). The van der Waals surface area contributed by atoms with E-state index < -0.39 is 0 Å². The summed E-state index contributed by atoms with van der Waals surface area (Å²) in [5, 5.41) is 0. The molecule has 0 saturated heterocycles. The fourth-order valence-corrected chi connectivity index (χ4v) is 2.39. The molecule has 29 heavy (non-hydrogen) atoms. The predicted molar refractivity (Wildman–Crippen MR) is 131 cm³/mol. The van der Waals surface area contributed by atoms with Gasteiger partial charge in [0.05, 0.1) is 0 Å². The zero-order valence-electron chi connectivity index (χ0n) is 20.4. The van der Waals surface area contributed by atoms with Crippen LogP contribution in [0.15, 0.2) is 36.4 Å². The quantitative estimate of drug-likeness (QED) is 0.333. The molecule has 0 aliphatic rings. The molecular weight excluding hydrogens is 428 g/mol. The van der Waals surface area contributed by atoms with E-state index in [-0.39, 0.29) is 26.2 Å². The van der Waals surface area contributed by atoms with E-state index in [1.807, 2.05) is 0 Å². The van der Waals surface area contributed by atoms with Gasteiger partial charge in [-0.15, -0.1) is 0 Å². The van der Waals surface area contributed by atoms with Gasteiger partial charge in [-0.25, -0.2) is 24.3 Å². The van der Waals surface area contributed by atoms with Crippen LogP contribution in [0.3, 0.4) is 0 Å². The normalized spacial score (nSPS) is 9.10. The zero-order chi connectivity index (χ0) is 21.6. The summed E-state index contributed by atoms with van der Waals surface area (Å²) in [4.78, 5) is 0. The average molecular weight is 476 g/mol. The Morgan fingerprint density at radius 3 is 1.14 bits per heavy atom. The van der Waals surface area contributed by atoms with Crippen LogP contribution in [0.4, 0.5) is 0 Å². The van der Waals surface area contributed by atoms with E-state index in [1.54, 1.807) is 0 Å². The number of rotatable bonds is 8. The molecule has 0 unspecified atom stereocenters. The van der Waals surface area contributed by atoms with Crippen molar-refractivity contribution in [3.05, 3.63) is 72.5 Å². The second-order valence-corrected chi connectivity index (χ2v) is 7.38. The number of unbranched alkanes of at least 4 members (excludes halogenated alkanes) is 4. The third-order valence-corrected chi connectivity index (χ3v) is 4.61. The van der Waals surface area contributed by atoms with Crippen molar-refractivity contribution in [1.29, 1.82) is 0 Å². The van der Waals surface area contributed by atoms with Crippen LogP contribution >= 0.6 is 0 Å². The number of hydrogen-bond donors (Lipinski definition) is 0. The van der Waals surface area contributed by atoms with Gasteiger partial charge in [0.1, 0.15) is 0 Å². The summed E-state index contributed by atoms with van der Waals surface area (Å²) in [5.41, 5.74) is 5.96. The molecule has 0 aromatic heterocycles. The first-order valence-electron chi connectivity index (χ1n) is 11.5. The molecular formula is C28H48Zr. The van der Waals surface area contributed by atoms with Gasteiger partial charge in [0.15, 0.2) is 0 Å². The predicted octanol–water partition coefficient (Wildman–Crippen LogP) is 9.35. The standard InChI is InChI=1S/2C10H15.2C4H9.Zr/c2*1-3-4-7-10-8-5-6-9(10)2;2*1-3-4-2;/h2*5-6,8H,3-4,7H2,1-2H3;2*1,3-4H2,2H3;/q4*-1;+4. The Morgan fingerprint density at radius 1 is 0.655 bits per heavy atom. The van der Waals surface area contributed by atoms with Crippen LogP contribution in [0.1, 0.15) is 101 Å². The molecule has 2 aromatic carbocycles. The molecule has 0 bridgehead atoms. The number of aryl methyl sites for hydroxylation is 4. The average Bonchev–Trinajstić information content (AvgIpc) is 3.33. The van der Waals surface area contributed by atoms with Crippen LogP contribution in [0, 0.1) is 27.7 Å². The molecule has 0 heterocycles. The maximum absolute atomic E-state index is 3.60. The molecule has 0 aliphatic carbocycles. The molecule has 164 valence electrons. The van der Waals surface area contributed by atoms with Gasteiger partial charge in [-0.3, -0.25) is 0 Å². The minimum Gasteiger partial charge on any atom is -0.343 e. The van der Waals surface area contributed by atoms with E-state index >= 15 is 0 Å². The second kappa shape index (κ2) is 25.6. The van der Waals surface area contributed by atoms with E-state index in [9.17, 15) is 0 Å². The number of hydrogen-bond acceptors (Lipinski definition) is 0. The van der Waals surface area contributed by atoms with Gasteiger partial charge in [0.2, 0.25) is 0 Å². The zero-order valence-corrected chi connectivity index (χ0v) is 22.9. The Balaban J connectivity index is -0.000000336. The molecule has 0 amide bonds. The molecule has 0 nitrogen and oxygen atoms in total. The maximum atomic E-state index is 3.60.